The Hall–Kier alpha value is -0.560. The quantitative estimate of drug-likeness (QED) is 0.475. The summed E-state index contributed by atoms with van der Waals surface area (Å²) in [5.74, 6) is 7.58. The standard InChI is InChI=1S/C20H34O3/c1-9-17(3,4)22-23-18(5,6)10-11-20(21)13-15-12-16(20)14(2)19(15,7)8/h14-16,21H,9,12-13H2,1-8H3/t14-,15-,16+,20+/m1/s1. The molecule has 0 spiro atoms. The van der Waals surface area contributed by atoms with Gasteiger partial charge in [0.1, 0.15) is 5.60 Å². The molecule has 4 atom stereocenters. The van der Waals surface area contributed by atoms with Gasteiger partial charge in [-0.2, -0.15) is 0 Å². The molecular formula is C20H34O3. The van der Waals surface area contributed by atoms with Gasteiger partial charge in [0.05, 0.1) is 5.60 Å². The molecule has 2 rings (SSSR count). The molecule has 0 radical (unpaired) electrons. The Labute approximate surface area is 142 Å². The lowest BCUT2D eigenvalue weighted by Crippen LogP contribution is -2.44. The van der Waals surface area contributed by atoms with Gasteiger partial charge in [-0.25, -0.2) is 9.78 Å². The van der Waals surface area contributed by atoms with E-state index in [4.69, 9.17) is 9.78 Å². The Morgan fingerprint density at radius 3 is 2.26 bits per heavy atom. The van der Waals surface area contributed by atoms with Crippen molar-refractivity contribution in [3.05, 3.63) is 0 Å². The Morgan fingerprint density at radius 2 is 1.78 bits per heavy atom. The Kier molecular flexibility index (Phi) is 4.70. The summed E-state index contributed by atoms with van der Waals surface area (Å²) in [7, 11) is 0. The van der Waals surface area contributed by atoms with Gasteiger partial charge in [0.15, 0.2) is 5.60 Å². The first-order valence-electron chi connectivity index (χ1n) is 8.96. The lowest BCUT2D eigenvalue weighted by molar-refractivity contribution is -0.388. The van der Waals surface area contributed by atoms with Gasteiger partial charge in [-0.3, -0.25) is 0 Å². The summed E-state index contributed by atoms with van der Waals surface area (Å²) in [6, 6.07) is 0. The number of hydrogen-bond donors (Lipinski definition) is 1. The molecule has 0 aromatic heterocycles. The van der Waals surface area contributed by atoms with Gasteiger partial charge in [0.2, 0.25) is 0 Å². The van der Waals surface area contributed by atoms with E-state index in [2.05, 4.69) is 39.5 Å². The normalized spacial score (nSPS) is 36.0. The molecular weight excluding hydrogens is 288 g/mol. The molecule has 3 heteroatoms. The van der Waals surface area contributed by atoms with Gasteiger partial charge in [-0.05, 0) is 64.2 Å². The summed E-state index contributed by atoms with van der Waals surface area (Å²) in [6.45, 7) is 16.7. The number of hydrogen-bond acceptors (Lipinski definition) is 3. The second-order valence-corrected chi connectivity index (χ2v) is 9.32. The van der Waals surface area contributed by atoms with Crippen molar-refractivity contribution in [2.24, 2.45) is 23.2 Å². The first-order chi connectivity index (χ1) is 10.3. The first-order valence-corrected chi connectivity index (χ1v) is 8.96. The first kappa shape index (κ1) is 18.8. The molecule has 0 unspecified atom stereocenters. The maximum atomic E-state index is 11.1. The van der Waals surface area contributed by atoms with E-state index in [0.29, 0.717) is 17.3 Å². The third kappa shape index (κ3) is 3.60. The molecule has 23 heavy (non-hydrogen) atoms. The van der Waals surface area contributed by atoms with Crippen LogP contribution in [0, 0.1) is 35.0 Å². The molecule has 2 aliphatic rings. The third-order valence-corrected chi connectivity index (χ3v) is 6.45. The van der Waals surface area contributed by atoms with Crippen molar-refractivity contribution < 1.29 is 14.9 Å². The highest BCUT2D eigenvalue weighted by Crippen LogP contribution is 2.62. The fraction of sp³-hybridized carbons (Fsp3) is 0.900. The molecule has 132 valence electrons. The zero-order valence-corrected chi connectivity index (χ0v) is 16.1. The summed E-state index contributed by atoms with van der Waals surface area (Å²) in [5.41, 5.74) is -1.64. The fourth-order valence-corrected chi connectivity index (χ4v) is 3.89. The summed E-state index contributed by atoms with van der Waals surface area (Å²) in [5, 5.41) is 11.1. The van der Waals surface area contributed by atoms with Crippen molar-refractivity contribution in [3.8, 4) is 11.8 Å². The van der Waals surface area contributed by atoms with Crippen molar-refractivity contribution in [3.63, 3.8) is 0 Å². The highest BCUT2D eigenvalue weighted by Gasteiger charge is 2.61. The molecule has 0 aliphatic heterocycles. The van der Waals surface area contributed by atoms with E-state index in [1.165, 1.54) is 0 Å². The van der Waals surface area contributed by atoms with Gasteiger partial charge in [-0.1, -0.05) is 39.5 Å². The van der Waals surface area contributed by atoms with E-state index in [9.17, 15) is 5.11 Å². The van der Waals surface area contributed by atoms with Crippen LogP contribution in [0.5, 0.6) is 0 Å². The number of rotatable bonds is 4. The third-order valence-electron chi connectivity index (χ3n) is 6.45. The smallest absolute Gasteiger partial charge is 0.158 e. The van der Waals surface area contributed by atoms with Crippen LogP contribution in [-0.4, -0.2) is 21.9 Å². The second-order valence-electron chi connectivity index (χ2n) is 9.32. The van der Waals surface area contributed by atoms with Crippen molar-refractivity contribution in [2.75, 3.05) is 0 Å². The number of aliphatic hydroxyl groups is 1. The van der Waals surface area contributed by atoms with Crippen molar-refractivity contribution in [1.29, 1.82) is 0 Å². The molecule has 2 fully saturated rings. The van der Waals surface area contributed by atoms with E-state index in [1.807, 2.05) is 27.7 Å². The van der Waals surface area contributed by atoms with Crippen LogP contribution >= 0.6 is 0 Å². The molecule has 0 aromatic rings. The van der Waals surface area contributed by atoms with Crippen LogP contribution in [0.4, 0.5) is 0 Å². The van der Waals surface area contributed by atoms with E-state index in [0.717, 1.165) is 19.3 Å². The molecule has 3 nitrogen and oxygen atoms in total. The van der Waals surface area contributed by atoms with Gasteiger partial charge in [-0.15, -0.1) is 0 Å². The minimum atomic E-state index is -0.874. The minimum absolute atomic E-state index is 0.263. The Bertz CT molecular complexity index is 505. The zero-order chi connectivity index (χ0) is 17.7. The second kappa shape index (κ2) is 5.76. The molecule has 2 bridgehead atoms. The molecule has 0 saturated heterocycles. The summed E-state index contributed by atoms with van der Waals surface area (Å²) >= 11 is 0. The van der Waals surface area contributed by atoms with Gasteiger partial charge >= 0.3 is 0 Å². The fourth-order valence-electron chi connectivity index (χ4n) is 3.89. The van der Waals surface area contributed by atoms with Gasteiger partial charge < -0.3 is 5.11 Å². The van der Waals surface area contributed by atoms with Crippen LogP contribution in [-0.2, 0) is 9.78 Å². The summed E-state index contributed by atoms with van der Waals surface area (Å²) < 4.78 is 0. The highest BCUT2D eigenvalue weighted by atomic mass is 17.2. The molecule has 0 heterocycles. The van der Waals surface area contributed by atoms with Crippen LogP contribution in [0.2, 0.25) is 0 Å². The largest absolute Gasteiger partial charge is 0.377 e. The Balaban J connectivity index is 2.07. The van der Waals surface area contributed by atoms with Crippen LogP contribution in [0.15, 0.2) is 0 Å². The van der Waals surface area contributed by atoms with E-state index in [-0.39, 0.29) is 11.5 Å². The van der Waals surface area contributed by atoms with E-state index >= 15 is 0 Å². The predicted octanol–water partition coefficient (Wildman–Crippen LogP) is 4.34. The molecule has 1 N–H and O–H groups in total. The van der Waals surface area contributed by atoms with Crippen LogP contribution < -0.4 is 0 Å². The van der Waals surface area contributed by atoms with Crippen molar-refractivity contribution in [2.45, 2.75) is 91.5 Å². The van der Waals surface area contributed by atoms with Crippen LogP contribution in [0.1, 0.15) is 74.7 Å². The van der Waals surface area contributed by atoms with E-state index < -0.39 is 11.2 Å². The maximum Gasteiger partial charge on any atom is 0.158 e. The maximum absolute atomic E-state index is 11.1. The molecule has 2 saturated carbocycles. The molecule has 0 amide bonds. The van der Waals surface area contributed by atoms with Gasteiger partial charge in [0, 0.05) is 5.92 Å². The topological polar surface area (TPSA) is 38.7 Å². The average Bonchev–Trinajstić information content (AvgIpc) is 2.91. The zero-order valence-electron chi connectivity index (χ0n) is 16.1. The van der Waals surface area contributed by atoms with Crippen LogP contribution in [0.25, 0.3) is 0 Å². The highest BCUT2D eigenvalue weighted by molar-refractivity contribution is 5.27. The summed E-state index contributed by atoms with van der Waals surface area (Å²) in [4.78, 5) is 11.1. The Morgan fingerprint density at radius 1 is 1.17 bits per heavy atom. The van der Waals surface area contributed by atoms with Gasteiger partial charge in [0.25, 0.3) is 0 Å². The van der Waals surface area contributed by atoms with Crippen molar-refractivity contribution in [1.82, 2.24) is 0 Å². The molecule has 0 aromatic carbocycles. The van der Waals surface area contributed by atoms with Crippen LogP contribution in [0.3, 0.4) is 0 Å². The average molecular weight is 322 g/mol. The number of fused-ring (bicyclic) bond motifs is 2. The summed E-state index contributed by atoms with van der Waals surface area (Å²) in [6.07, 6.45) is 2.72. The SMILES string of the molecule is CCC(C)(C)OOC(C)(C)C#C[C@]1(O)C[C@H]2C[C@H]1[C@@H](C)C2(C)C. The monoisotopic (exact) mass is 322 g/mol. The van der Waals surface area contributed by atoms with E-state index in [1.54, 1.807) is 0 Å². The van der Waals surface area contributed by atoms with Crippen molar-refractivity contribution >= 4 is 0 Å². The minimum Gasteiger partial charge on any atom is -0.377 e. The lowest BCUT2D eigenvalue weighted by Gasteiger charge is -2.42. The predicted molar refractivity (Wildman–Crippen MR) is 92.5 cm³/mol. The lowest BCUT2D eigenvalue weighted by atomic mass is 9.64. The molecule has 2 aliphatic carbocycles.